The number of anilines is 1. The van der Waals surface area contributed by atoms with Crippen LogP contribution in [0.3, 0.4) is 0 Å². The molecule has 2 atom stereocenters. The summed E-state index contributed by atoms with van der Waals surface area (Å²) in [6, 6.07) is 21.1. The first-order valence-corrected chi connectivity index (χ1v) is 10.9. The van der Waals surface area contributed by atoms with Crippen LogP contribution in [0.1, 0.15) is 17.2 Å². The highest BCUT2D eigenvalue weighted by Crippen LogP contribution is 2.27. The number of rotatable bonds is 8. The van der Waals surface area contributed by atoms with Gasteiger partial charge in [0.2, 0.25) is 5.91 Å². The molecule has 1 saturated heterocycles. The van der Waals surface area contributed by atoms with Gasteiger partial charge in [-0.1, -0.05) is 42.5 Å². The van der Waals surface area contributed by atoms with Crippen LogP contribution in [0.4, 0.5) is 10.1 Å². The maximum Gasteiger partial charge on any atom is 0.262 e. The number of hydrogen-bond donors (Lipinski definition) is 2. The molecular formula is C26H25FN2O5. The molecule has 7 nitrogen and oxygen atoms in total. The van der Waals surface area contributed by atoms with E-state index >= 15 is 0 Å². The van der Waals surface area contributed by atoms with Crippen LogP contribution in [0, 0.1) is 5.82 Å². The number of carbonyl (C=O) groups excluding carboxylic acids is 2. The predicted octanol–water partition coefficient (Wildman–Crippen LogP) is 3.30. The molecule has 176 valence electrons. The lowest BCUT2D eigenvalue weighted by atomic mass is 9.99. The van der Waals surface area contributed by atoms with Gasteiger partial charge in [-0.15, -0.1) is 0 Å². The number of halogens is 1. The van der Waals surface area contributed by atoms with Crippen LogP contribution in [-0.2, 0) is 20.9 Å². The van der Waals surface area contributed by atoms with E-state index in [1.54, 1.807) is 53.4 Å². The van der Waals surface area contributed by atoms with Gasteiger partial charge in [-0.05, 0) is 47.5 Å². The third-order valence-electron chi connectivity index (χ3n) is 5.51. The highest BCUT2D eigenvalue weighted by Gasteiger charge is 2.34. The molecule has 1 aliphatic rings. The van der Waals surface area contributed by atoms with Gasteiger partial charge in [-0.25, -0.2) is 4.39 Å². The molecule has 2 amide bonds. The van der Waals surface area contributed by atoms with Crippen molar-refractivity contribution in [2.45, 2.75) is 18.7 Å². The number of benzene rings is 3. The van der Waals surface area contributed by atoms with Crippen molar-refractivity contribution in [2.24, 2.45) is 0 Å². The van der Waals surface area contributed by atoms with E-state index in [2.05, 4.69) is 5.32 Å². The van der Waals surface area contributed by atoms with Gasteiger partial charge in [0.1, 0.15) is 24.3 Å². The summed E-state index contributed by atoms with van der Waals surface area (Å²) in [5, 5.41) is 13.7. The zero-order valence-electron chi connectivity index (χ0n) is 18.4. The van der Waals surface area contributed by atoms with E-state index in [1.165, 1.54) is 12.1 Å². The van der Waals surface area contributed by atoms with Crippen LogP contribution in [0.2, 0.25) is 0 Å². The summed E-state index contributed by atoms with van der Waals surface area (Å²) in [5.74, 6) is -0.311. The Morgan fingerprint density at radius 1 is 1.09 bits per heavy atom. The van der Waals surface area contributed by atoms with Gasteiger partial charge in [-0.2, -0.15) is 0 Å². The molecular weight excluding hydrogens is 439 g/mol. The molecule has 8 heteroatoms. The molecule has 0 aliphatic carbocycles. The van der Waals surface area contributed by atoms with Gasteiger partial charge in [0.05, 0.1) is 12.6 Å². The summed E-state index contributed by atoms with van der Waals surface area (Å²) in [6.07, 6.45) is -1.00. The van der Waals surface area contributed by atoms with Crippen LogP contribution in [-0.4, -0.2) is 47.7 Å². The highest BCUT2D eigenvalue weighted by atomic mass is 19.1. The van der Waals surface area contributed by atoms with Crippen molar-refractivity contribution in [3.8, 4) is 5.75 Å². The van der Waals surface area contributed by atoms with Crippen molar-refractivity contribution in [1.82, 2.24) is 4.90 Å². The van der Waals surface area contributed by atoms with Crippen molar-refractivity contribution in [3.63, 3.8) is 0 Å². The topological polar surface area (TPSA) is 88.1 Å². The second-order valence-corrected chi connectivity index (χ2v) is 7.95. The minimum atomic E-state index is -1.00. The minimum absolute atomic E-state index is 0.0690. The number of nitrogens with zero attached hydrogens (tertiary/aromatic N) is 1. The largest absolute Gasteiger partial charge is 0.484 e. The van der Waals surface area contributed by atoms with E-state index in [0.717, 1.165) is 5.56 Å². The molecule has 0 aromatic heterocycles. The maximum atomic E-state index is 13.2. The molecule has 2 N–H and O–H groups in total. The Balaban J connectivity index is 1.38. The number of amides is 2. The second kappa shape index (κ2) is 10.9. The molecule has 0 spiro atoms. The molecule has 0 bridgehead atoms. The third kappa shape index (κ3) is 5.98. The molecule has 4 rings (SSSR count). The Morgan fingerprint density at radius 2 is 1.79 bits per heavy atom. The quantitative estimate of drug-likeness (QED) is 0.534. The summed E-state index contributed by atoms with van der Waals surface area (Å²) in [5.41, 5.74) is 1.88. The standard InChI is InChI=1S/C26H25FN2O5/c27-20-10-6-18(7-11-20)14-29-23(15-33-17-25(29)31)26(32)19-8-12-21(13-9-19)28-24(30)16-34-22-4-2-1-3-5-22/h1-13,23,26,32H,14-17H2,(H,28,30)/t23-,26-/m1/s1. The number of hydrogen-bond acceptors (Lipinski definition) is 5. The number of para-hydroxylation sites is 1. The zero-order valence-corrected chi connectivity index (χ0v) is 18.4. The zero-order chi connectivity index (χ0) is 23.9. The number of carbonyl (C=O) groups is 2. The fraction of sp³-hybridized carbons (Fsp3) is 0.231. The van der Waals surface area contributed by atoms with Crippen LogP contribution >= 0.6 is 0 Å². The van der Waals surface area contributed by atoms with Gasteiger partial charge >= 0.3 is 0 Å². The van der Waals surface area contributed by atoms with Gasteiger partial charge in [0, 0.05) is 12.2 Å². The van der Waals surface area contributed by atoms with E-state index in [4.69, 9.17) is 9.47 Å². The lowest BCUT2D eigenvalue weighted by Crippen LogP contribution is -2.51. The first-order valence-electron chi connectivity index (χ1n) is 10.9. The predicted molar refractivity (Wildman–Crippen MR) is 124 cm³/mol. The number of nitrogens with one attached hydrogen (secondary N) is 1. The van der Waals surface area contributed by atoms with Crippen LogP contribution < -0.4 is 10.1 Å². The molecule has 1 fully saturated rings. The fourth-order valence-electron chi connectivity index (χ4n) is 3.73. The van der Waals surface area contributed by atoms with E-state index in [-0.39, 0.29) is 44.0 Å². The molecule has 0 radical (unpaired) electrons. The molecule has 3 aromatic carbocycles. The lowest BCUT2D eigenvalue weighted by molar-refractivity contribution is -0.155. The van der Waals surface area contributed by atoms with Crippen molar-refractivity contribution < 1.29 is 28.6 Å². The Hall–Kier alpha value is -3.75. The number of aliphatic hydroxyl groups is 1. The van der Waals surface area contributed by atoms with E-state index in [9.17, 15) is 19.1 Å². The molecule has 1 heterocycles. The minimum Gasteiger partial charge on any atom is -0.484 e. The molecule has 0 unspecified atom stereocenters. The Morgan fingerprint density at radius 3 is 2.50 bits per heavy atom. The van der Waals surface area contributed by atoms with Crippen molar-refractivity contribution in [1.29, 1.82) is 0 Å². The van der Waals surface area contributed by atoms with E-state index in [0.29, 0.717) is 17.0 Å². The van der Waals surface area contributed by atoms with Crippen molar-refractivity contribution in [3.05, 3.63) is 95.8 Å². The molecule has 1 aliphatic heterocycles. The molecule has 0 saturated carbocycles. The first-order chi connectivity index (χ1) is 16.5. The van der Waals surface area contributed by atoms with Crippen molar-refractivity contribution >= 4 is 17.5 Å². The SMILES string of the molecule is O=C(COc1ccccc1)Nc1ccc([C@@H](O)[C@H]2COCC(=O)N2Cc2ccc(F)cc2)cc1. The molecule has 34 heavy (non-hydrogen) atoms. The van der Waals surface area contributed by atoms with Crippen LogP contribution in [0.25, 0.3) is 0 Å². The van der Waals surface area contributed by atoms with Gasteiger partial charge < -0.3 is 24.8 Å². The summed E-state index contributed by atoms with van der Waals surface area (Å²) < 4.78 is 24.0. The number of aliphatic hydroxyl groups excluding tert-OH is 1. The van der Waals surface area contributed by atoms with Crippen LogP contribution in [0.15, 0.2) is 78.9 Å². The lowest BCUT2D eigenvalue weighted by Gasteiger charge is -2.38. The first kappa shape index (κ1) is 23.4. The second-order valence-electron chi connectivity index (χ2n) is 7.95. The summed E-state index contributed by atoms with van der Waals surface area (Å²) in [4.78, 5) is 26.2. The summed E-state index contributed by atoms with van der Waals surface area (Å²) in [6.45, 7) is 0.206. The fourth-order valence-corrected chi connectivity index (χ4v) is 3.73. The number of morpholine rings is 1. The smallest absolute Gasteiger partial charge is 0.262 e. The molecule has 3 aromatic rings. The Labute approximate surface area is 196 Å². The van der Waals surface area contributed by atoms with Gasteiger partial charge in [0.25, 0.3) is 5.91 Å². The maximum absolute atomic E-state index is 13.2. The number of ether oxygens (including phenoxy) is 2. The Kier molecular flexibility index (Phi) is 7.51. The summed E-state index contributed by atoms with van der Waals surface area (Å²) in [7, 11) is 0. The average molecular weight is 464 g/mol. The summed E-state index contributed by atoms with van der Waals surface area (Å²) >= 11 is 0. The van der Waals surface area contributed by atoms with E-state index in [1.807, 2.05) is 18.2 Å². The Bertz CT molecular complexity index is 1110. The van der Waals surface area contributed by atoms with Gasteiger partial charge in [0.15, 0.2) is 6.61 Å². The monoisotopic (exact) mass is 464 g/mol. The third-order valence-corrected chi connectivity index (χ3v) is 5.51. The van der Waals surface area contributed by atoms with E-state index < -0.39 is 12.1 Å². The normalized spacial score (nSPS) is 16.7. The van der Waals surface area contributed by atoms with Crippen LogP contribution in [0.5, 0.6) is 5.75 Å². The average Bonchev–Trinajstić information content (AvgIpc) is 2.86. The van der Waals surface area contributed by atoms with Crippen molar-refractivity contribution in [2.75, 3.05) is 25.1 Å². The van der Waals surface area contributed by atoms with Gasteiger partial charge in [-0.3, -0.25) is 9.59 Å². The highest BCUT2D eigenvalue weighted by molar-refractivity contribution is 5.91.